The van der Waals surface area contributed by atoms with E-state index in [4.69, 9.17) is 0 Å². The minimum atomic E-state index is -0.119. The van der Waals surface area contributed by atoms with Crippen molar-refractivity contribution in [2.75, 3.05) is 24.5 Å². The molecular weight excluding hydrogens is 239 g/mol. The van der Waals surface area contributed by atoms with Crippen molar-refractivity contribution in [3.63, 3.8) is 0 Å². The summed E-state index contributed by atoms with van der Waals surface area (Å²) in [5.41, 5.74) is 2.40. The number of unbranched alkanes of at least 4 members (excludes halogenated alkanes) is 1. The van der Waals surface area contributed by atoms with E-state index >= 15 is 0 Å². The first kappa shape index (κ1) is 14.3. The van der Waals surface area contributed by atoms with Crippen LogP contribution in [-0.2, 0) is 6.42 Å². The van der Waals surface area contributed by atoms with Gasteiger partial charge in [0.15, 0.2) is 0 Å². The van der Waals surface area contributed by atoms with Gasteiger partial charge in [-0.25, -0.2) is 4.39 Å². The van der Waals surface area contributed by atoms with E-state index < -0.39 is 0 Å². The quantitative estimate of drug-likeness (QED) is 0.760. The Hall–Kier alpha value is -1.09. The van der Waals surface area contributed by atoms with Gasteiger partial charge in [0.1, 0.15) is 5.82 Å². The second kappa shape index (κ2) is 6.90. The van der Waals surface area contributed by atoms with Crippen molar-refractivity contribution < 1.29 is 4.39 Å². The van der Waals surface area contributed by atoms with Crippen molar-refractivity contribution in [3.8, 4) is 0 Å². The molecule has 1 aliphatic heterocycles. The summed E-state index contributed by atoms with van der Waals surface area (Å²) in [7, 11) is 0. The molecule has 0 radical (unpaired) electrons. The van der Waals surface area contributed by atoms with Crippen molar-refractivity contribution >= 4 is 5.69 Å². The highest BCUT2D eigenvalue weighted by atomic mass is 19.1. The topological polar surface area (TPSA) is 15.3 Å². The van der Waals surface area contributed by atoms with E-state index in [9.17, 15) is 4.39 Å². The largest absolute Gasteiger partial charge is 0.371 e. The maximum atomic E-state index is 13.3. The molecule has 1 atom stereocenters. The molecule has 0 bridgehead atoms. The van der Waals surface area contributed by atoms with Gasteiger partial charge < -0.3 is 10.2 Å². The van der Waals surface area contributed by atoms with Crippen LogP contribution in [0.25, 0.3) is 0 Å². The highest BCUT2D eigenvalue weighted by Crippen LogP contribution is 2.28. The molecule has 0 fully saturated rings. The van der Waals surface area contributed by atoms with Crippen molar-refractivity contribution in [3.05, 3.63) is 29.6 Å². The Balaban J connectivity index is 1.75. The fourth-order valence-corrected chi connectivity index (χ4v) is 2.85. The SMILES string of the molecule is CCNC(C)CCCCN1CCc2ccc(F)cc21. The number of anilines is 1. The van der Waals surface area contributed by atoms with Crippen LogP contribution in [0.2, 0.25) is 0 Å². The summed E-state index contributed by atoms with van der Waals surface area (Å²) in [4.78, 5) is 2.33. The Morgan fingerprint density at radius 3 is 3.00 bits per heavy atom. The second-order valence-corrected chi connectivity index (χ2v) is 5.46. The molecule has 2 rings (SSSR count). The number of benzene rings is 1. The molecule has 106 valence electrons. The third kappa shape index (κ3) is 3.93. The molecular formula is C16H25FN2. The van der Waals surface area contributed by atoms with E-state index in [1.165, 1.54) is 24.8 Å². The molecule has 1 aromatic carbocycles. The molecule has 1 aliphatic rings. The molecule has 2 nitrogen and oxygen atoms in total. The number of nitrogens with zero attached hydrogens (tertiary/aromatic N) is 1. The van der Waals surface area contributed by atoms with Crippen LogP contribution in [0.4, 0.5) is 10.1 Å². The lowest BCUT2D eigenvalue weighted by Crippen LogP contribution is -2.26. The summed E-state index contributed by atoms with van der Waals surface area (Å²) in [5, 5.41) is 3.43. The van der Waals surface area contributed by atoms with Crippen LogP contribution >= 0.6 is 0 Å². The minimum Gasteiger partial charge on any atom is -0.371 e. The van der Waals surface area contributed by atoms with Gasteiger partial charge in [-0.15, -0.1) is 0 Å². The lowest BCUT2D eigenvalue weighted by atomic mass is 10.1. The highest BCUT2D eigenvalue weighted by molar-refractivity contribution is 5.58. The van der Waals surface area contributed by atoms with Gasteiger partial charge in [-0.3, -0.25) is 0 Å². The maximum Gasteiger partial charge on any atom is 0.125 e. The number of nitrogens with one attached hydrogen (secondary N) is 1. The van der Waals surface area contributed by atoms with E-state index in [0.29, 0.717) is 6.04 Å². The minimum absolute atomic E-state index is 0.119. The Bertz CT molecular complexity index is 406. The first-order valence-electron chi connectivity index (χ1n) is 7.47. The zero-order valence-electron chi connectivity index (χ0n) is 12.1. The van der Waals surface area contributed by atoms with Crippen LogP contribution in [0, 0.1) is 5.82 Å². The average molecular weight is 264 g/mol. The molecule has 3 heteroatoms. The van der Waals surface area contributed by atoms with E-state index in [-0.39, 0.29) is 5.82 Å². The van der Waals surface area contributed by atoms with Crippen LogP contribution in [0.15, 0.2) is 18.2 Å². The monoisotopic (exact) mass is 264 g/mol. The van der Waals surface area contributed by atoms with Crippen molar-refractivity contribution in [1.82, 2.24) is 5.32 Å². The standard InChI is InChI=1S/C16H25FN2/c1-3-18-13(2)6-4-5-10-19-11-9-14-7-8-15(17)12-16(14)19/h7-8,12-13,18H,3-6,9-11H2,1-2H3. The van der Waals surface area contributed by atoms with Crippen LogP contribution in [0.1, 0.15) is 38.7 Å². The zero-order valence-corrected chi connectivity index (χ0v) is 12.1. The van der Waals surface area contributed by atoms with Gasteiger partial charge in [0.25, 0.3) is 0 Å². The van der Waals surface area contributed by atoms with Crippen molar-refractivity contribution in [1.29, 1.82) is 0 Å². The predicted octanol–water partition coefficient (Wildman–Crippen LogP) is 3.36. The Kier molecular flexibility index (Phi) is 5.20. The second-order valence-electron chi connectivity index (χ2n) is 5.46. The number of hydrogen-bond donors (Lipinski definition) is 1. The summed E-state index contributed by atoms with van der Waals surface area (Å²) >= 11 is 0. The maximum absolute atomic E-state index is 13.3. The van der Waals surface area contributed by atoms with Crippen LogP contribution in [0.3, 0.4) is 0 Å². The smallest absolute Gasteiger partial charge is 0.125 e. The van der Waals surface area contributed by atoms with Crippen molar-refractivity contribution in [2.45, 2.75) is 45.6 Å². The fourth-order valence-electron chi connectivity index (χ4n) is 2.85. The average Bonchev–Trinajstić information content (AvgIpc) is 2.77. The van der Waals surface area contributed by atoms with E-state index in [1.54, 1.807) is 12.1 Å². The Morgan fingerprint density at radius 1 is 1.37 bits per heavy atom. The summed E-state index contributed by atoms with van der Waals surface area (Å²) in [6, 6.07) is 5.79. The first-order chi connectivity index (χ1) is 9.20. The molecule has 1 heterocycles. The lowest BCUT2D eigenvalue weighted by molar-refractivity contribution is 0.502. The van der Waals surface area contributed by atoms with E-state index in [1.807, 2.05) is 6.07 Å². The van der Waals surface area contributed by atoms with Gasteiger partial charge in [0.2, 0.25) is 0 Å². The number of rotatable bonds is 7. The van der Waals surface area contributed by atoms with Gasteiger partial charge in [-0.2, -0.15) is 0 Å². The molecule has 0 saturated heterocycles. The number of hydrogen-bond acceptors (Lipinski definition) is 2. The molecule has 1 unspecified atom stereocenters. The molecule has 0 aliphatic carbocycles. The third-order valence-corrected chi connectivity index (χ3v) is 3.91. The summed E-state index contributed by atoms with van der Waals surface area (Å²) in [6.07, 6.45) is 4.70. The van der Waals surface area contributed by atoms with Crippen LogP contribution < -0.4 is 10.2 Å². The van der Waals surface area contributed by atoms with Crippen molar-refractivity contribution in [2.24, 2.45) is 0 Å². The highest BCUT2D eigenvalue weighted by Gasteiger charge is 2.18. The molecule has 0 spiro atoms. The van der Waals surface area contributed by atoms with Crippen LogP contribution in [-0.4, -0.2) is 25.7 Å². The lowest BCUT2D eigenvalue weighted by Gasteiger charge is -2.20. The fraction of sp³-hybridized carbons (Fsp3) is 0.625. The summed E-state index contributed by atoms with van der Waals surface area (Å²) in [6.45, 7) is 7.52. The van der Waals surface area contributed by atoms with Gasteiger partial charge in [0, 0.05) is 24.8 Å². The van der Waals surface area contributed by atoms with Crippen LogP contribution in [0.5, 0.6) is 0 Å². The van der Waals surface area contributed by atoms with Gasteiger partial charge in [0.05, 0.1) is 0 Å². The van der Waals surface area contributed by atoms with E-state index in [2.05, 4.69) is 24.1 Å². The molecule has 0 aromatic heterocycles. The molecule has 0 saturated carbocycles. The Morgan fingerprint density at radius 2 is 2.21 bits per heavy atom. The van der Waals surface area contributed by atoms with Gasteiger partial charge in [-0.1, -0.05) is 19.4 Å². The molecule has 0 amide bonds. The third-order valence-electron chi connectivity index (χ3n) is 3.91. The summed E-state index contributed by atoms with van der Waals surface area (Å²) in [5.74, 6) is -0.119. The molecule has 1 aromatic rings. The molecule has 1 N–H and O–H groups in total. The molecule has 19 heavy (non-hydrogen) atoms. The van der Waals surface area contributed by atoms with E-state index in [0.717, 1.165) is 31.7 Å². The Labute approximate surface area is 116 Å². The van der Waals surface area contributed by atoms with Gasteiger partial charge in [-0.05, 0) is 50.4 Å². The summed E-state index contributed by atoms with van der Waals surface area (Å²) < 4.78 is 13.3. The predicted molar refractivity (Wildman–Crippen MR) is 79.3 cm³/mol. The zero-order chi connectivity index (χ0) is 13.7. The van der Waals surface area contributed by atoms with Gasteiger partial charge >= 0.3 is 0 Å². The first-order valence-corrected chi connectivity index (χ1v) is 7.47. The number of halogens is 1. The normalized spacial score (nSPS) is 15.6. The number of fused-ring (bicyclic) bond motifs is 1.